The molecule has 118 valence electrons. The second kappa shape index (κ2) is 5.16. The highest BCUT2D eigenvalue weighted by atomic mass is 31.2. The monoisotopic (exact) mass is 322 g/mol. The highest BCUT2D eigenvalue weighted by Gasteiger charge is 2.59. The summed E-state index contributed by atoms with van der Waals surface area (Å²) < 4.78 is 17.5. The number of H-pyrrole nitrogens is 1. The van der Waals surface area contributed by atoms with Crippen molar-refractivity contribution in [1.82, 2.24) is 9.55 Å². The van der Waals surface area contributed by atoms with Crippen molar-refractivity contribution in [2.45, 2.75) is 31.0 Å². The molecule has 10 nitrogen and oxygen atoms in total. The first-order chi connectivity index (χ1) is 9.60. The molecule has 5 N–H and O–H groups in total. The van der Waals surface area contributed by atoms with Gasteiger partial charge in [-0.25, -0.2) is 4.79 Å². The molecule has 0 aliphatic carbocycles. The average Bonchev–Trinajstić information content (AvgIpc) is 2.71. The smallest absolute Gasteiger partial charge is 0.359 e. The summed E-state index contributed by atoms with van der Waals surface area (Å²) >= 11 is 0. The summed E-state index contributed by atoms with van der Waals surface area (Å²) in [6.07, 6.45) is -2.22. The zero-order valence-electron chi connectivity index (χ0n) is 11.0. The molecule has 11 heteroatoms. The lowest BCUT2D eigenvalue weighted by Gasteiger charge is -2.27. The number of aromatic nitrogens is 2. The zero-order chi connectivity index (χ0) is 16.0. The van der Waals surface area contributed by atoms with E-state index >= 15 is 0 Å². The quantitative estimate of drug-likeness (QED) is 0.399. The maximum Gasteiger partial charge on any atom is 0.359 e. The number of nitrogens with zero attached hydrogens (tertiary/aromatic N) is 1. The van der Waals surface area contributed by atoms with E-state index in [1.54, 1.807) is 0 Å². The minimum absolute atomic E-state index is 0.186. The molecule has 21 heavy (non-hydrogen) atoms. The summed E-state index contributed by atoms with van der Waals surface area (Å²) in [7, 11) is -5.01. The van der Waals surface area contributed by atoms with Crippen LogP contribution in [0, 0.1) is 6.92 Å². The second-order valence-corrected chi connectivity index (χ2v) is 6.73. The number of nitrogens with one attached hydrogen (secondary N) is 1. The summed E-state index contributed by atoms with van der Waals surface area (Å²) in [5.41, 5.74) is -1.26. The highest BCUT2D eigenvalue weighted by Crippen LogP contribution is 2.58. The van der Waals surface area contributed by atoms with Gasteiger partial charge in [0.2, 0.25) is 0 Å². The van der Waals surface area contributed by atoms with Crippen LogP contribution in [0.3, 0.4) is 0 Å². The molecule has 1 aliphatic rings. The first-order valence-electron chi connectivity index (χ1n) is 5.96. The molecule has 0 bridgehead atoms. The Morgan fingerprint density at radius 2 is 2.14 bits per heavy atom. The van der Waals surface area contributed by atoms with Gasteiger partial charge in [0.15, 0.2) is 5.34 Å². The first-order valence-corrected chi connectivity index (χ1v) is 7.58. The van der Waals surface area contributed by atoms with Crippen molar-refractivity contribution in [2.24, 2.45) is 0 Å². The third-order valence-corrected chi connectivity index (χ3v) is 4.92. The fraction of sp³-hybridized carbons (Fsp3) is 0.600. The lowest BCUT2D eigenvalue weighted by Crippen LogP contribution is -2.40. The number of aliphatic hydroxyl groups excluding tert-OH is 1. The predicted molar refractivity (Wildman–Crippen MR) is 68.7 cm³/mol. The van der Waals surface area contributed by atoms with Crippen molar-refractivity contribution >= 4 is 7.60 Å². The van der Waals surface area contributed by atoms with Gasteiger partial charge in [0.05, 0.1) is 6.61 Å². The van der Waals surface area contributed by atoms with E-state index in [-0.39, 0.29) is 5.56 Å². The van der Waals surface area contributed by atoms with Crippen LogP contribution in [0.4, 0.5) is 0 Å². The van der Waals surface area contributed by atoms with Gasteiger partial charge < -0.3 is 24.7 Å². The summed E-state index contributed by atoms with van der Waals surface area (Å²) in [5.74, 6) is 0. The van der Waals surface area contributed by atoms with E-state index < -0.39 is 49.5 Å². The van der Waals surface area contributed by atoms with E-state index in [1.807, 2.05) is 4.98 Å². The van der Waals surface area contributed by atoms with Crippen LogP contribution in [0.25, 0.3) is 0 Å². The number of hydrogen-bond acceptors (Lipinski definition) is 6. The van der Waals surface area contributed by atoms with Gasteiger partial charge in [0, 0.05) is 18.2 Å². The van der Waals surface area contributed by atoms with Crippen molar-refractivity contribution in [3.63, 3.8) is 0 Å². The van der Waals surface area contributed by atoms with Crippen LogP contribution in [0.5, 0.6) is 0 Å². The van der Waals surface area contributed by atoms with Crippen LogP contribution in [0.15, 0.2) is 15.8 Å². The van der Waals surface area contributed by atoms with Crippen LogP contribution in [0.2, 0.25) is 0 Å². The van der Waals surface area contributed by atoms with Crippen molar-refractivity contribution < 1.29 is 29.3 Å². The summed E-state index contributed by atoms with van der Waals surface area (Å²) in [6.45, 7) is 0.595. The van der Waals surface area contributed by atoms with Gasteiger partial charge >= 0.3 is 13.3 Å². The van der Waals surface area contributed by atoms with E-state index in [9.17, 15) is 29.0 Å². The maximum atomic E-state index is 11.7. The molecule has 1 aromatic heterocycles. The standard InChI is InChI=1S/C10H15N2O8P/c1-5-3-12(9(15)11-8(5)14)7-2-10(16,21(17,18)19)6(4-13)20-7/h3,6-7,13,16H,2,4H2,1H3,(H,11,14,15)(H2,17,18,19)/t6-,7-,10+/m1/s1. The number of hydrogen-bond donors (Lipinski definition) is 5. The highest BCUT2D eigenvalue weighted by molar-refractivity contribution is 7.53. The third kappa shape index (κ3) is 2.61. The molecule has 1 aliphatic heterocycles. The van der Waals surface area contributed by atoms with E-state index in [1.165, 1.54) is 6.92 Å². The Labute approximate surface area is 117 Å². The summed E-state index contributed by atoms with van der Waals surface area (Å²) in [6, 6.07) is 0. The minimum Gasteiger partial charge on any atom is -0.394 e. The Kier molecular flexibility index (Phi) is 3.96. The Hall–Kier alpha value is -1.29. The maximum absolute atomic E-state index is 11.7. The van der Waals surface area contributed by atoms with Gasteiger partial charge in [0.25, 0.3) is 5.56 Å². The fourth-order valence-corrected chi connectivity index (χ4v) is 3.11. The normalized spacial score (nSPS) is 29.8. The van der Waals surface area contributed by atoms with Crippen LogP contribution < -0.4 is 11.2 Å². The minimum atomic E-state index is -5.01. The third-order valence-electron chi connectivity index (χ3n) is 3.44. The SMILES string of the molecule is Cc1cn([C@H]2C[C@](O)(P(=O)(O)O)[C@@H](CO)O2)c(=O)[nH]c1=O. The van der Waals surface area contributed by atoms with Crippen LogP contribution >= 0.6 is 7.60 Å². The Bertz CT molecular complexity index is 706. The molecular formula is C10H15N2O8P. The van der Waals surface area contributed by atoms with Gasteiger partial charge in [-0.2, -0.15) is 0 Å². The van der Waals surface area contributed by atoms with E-state index in [0.717, 1.165) is 10.8 Å². The van der Waals surface area contributed by atoms with Gasteiger partial charge in [-0.15, -0.1) is 0 Å². The molecule has 0 saturated carbocycles. The van der Waals surface area contributed by atoms with Crippen LogP contribution in [-0.2, 0) is 9.30 Å². The van der Waals surface area contributed by atoms with Gasteiger partial charge in [-0.3, -0.25) is 18.9 Å². The first kappa shape index (κ1) is 16.1. The molecule has 0 spiro atoms. The summed E-state index contributed by atoms with van der Waals surface area (Å²) in [5, 5.41) is 16.6. The Morgan fingerprint density at radius 1 is 1.52 bits per heavy atom. The van der Waals surface area contributed by atoms with E-state index in [0.29, 0.717) is 0 Å². The second-order valence-electron chi connectivity index (χ2n) is 4.87. The molecule has 3 atom stereocenters. The summed E-state index contributed by atoms with van der Waals surface area (Å²) in [4.78, 5) is 43.5. The Balaban J connectivity index is 2.46. The van der Waals surface area contributed by atoms with E-state index in [4.69, 9.17) is 9.84 Å². The van der Waals surface area contributed by atoms with Gasteiger partial charge in [0.1, 0.15) is 12.3 Å². The molecule has 1 saturated heterocycles. The molecule has 0 radical (unpaired) electrons. The number of aliphatic hydroxyl groups is 2. The predicted octanol–water partition coefficient (Wildman–Crippen LogP) is -2.01. The van der Waals surface area contributed by atoms with Crippen molar-refractivity contribution in [2.75, 3.05) is 6.61 Å². The lowest BCUT2D eigenvalue weighted by atomic mass is 10.2. The van der Waals surface area contributed by atoms with Gasteiger partial charge in [-0.05, 0) is 6.92 Å². The van der Waals surface area contributed by atoms with Crippen LogP contribution in [-0.4, -0.2) is 47.6 Å². The number of rotatable bonds is 3. The molecule has 2 rings (SSSR count). The number of ether oxygens (including phenoxy) is 1. The average molecular weight is 322 g/mol. The number of aromatic amines is 1. The molecule has 0 unspecified atom stereocenters. The molecule has 0 amide bonds. The lowest BCUT2D eigenvalue weighted by molar-refractivity contribution is -0.0614. The number of aryl methyl sites for hydroxylation is 1. The fourth-order valence-electron chi connectivity index (χ4n) is 2.19. The van der Waals surface area contributed by atoms with Crippen molar-refractivity contribution in [3.8, 4) is 0 Å². The van der Waals surface area contributed by atoms with Gasteiger partial charge in [-0.1, -0.05) is 0 Å². The molecular weight excluding hydrogens is 307 g/mol. The largest absolute Gasteiger partial charge is 0.394 e. The van der Waals surface area contributed by atoms with Crippen molar-refractivity contribution in [1.29, 1.82) is 0 Å². The Morgan fingerprint density at radius 3 is 2.62 bits per heavy atom. The van der Waals surface area contributed by atoms with Crippen molar-refractivity contribution in [3.05, 3.63) is 32.6 Å². The molecule has 1 aromatic rings. The molecule has 1 fully saturated rings. The zero-order valence-corrected chi connectivity index (χ0v) is 11.9. The topological polar surface area (TPSA) is 162 Å². The molecule has 0 aromatic carbocycles. The molecule has 2 heterocycles. The van der Waals surface area contributed by atoms with E-state index in [2.05, 4.69) is 0 Å². The van der Waals surface area contributed by atoms with Crippen LogP contribution in [0.1, 0.15) is 18.2 Å².